The molecule has 121 heavy (non-hydrogen) atoms. The number of esters is 3. The summed E-state index contributed by atoms with van der Waals surface area (Å²) in [6.45, 7) is 2.31. The maximum Gasteiger partial charge on any atom is 0.337 e. The number of hydrogen-bond acceptors (Lipinski definition) is 22. The zero-order valence-electron chi connectivity index (χ0n) is 65.4. The lowest BCUT2D eigenvalue weighted by atomic mass is 10.00. The molecule has 0 fully saturated rings. The molecule has 5 aromatic heterocycles. The van der Waals surface area contributed by atoms with Gasteiger partial charge in [0.2, 0.25) is 17.7 Å². The Morgan fingerprint density at radius 1 is 0.438 bits per heavy atom. The van der Waals surface area contributed by atoms with Gasteiger partial charge in [0.1, 0.15) is 63.4 Å². The van der Waals surface area contributed by atoms with E-state index in [1.165, 1.54) is 80.4 Å². The molecule has 9 heterocycles. The van der Waals surface area contributed by atoms with Gasteiger partial charge in [-0.1, -0.05) is 109 Å². The third-order valence-corrected chi connectivity index (χ3v) is 20.2. The predicted octanol–water partition coefficient (Wildman–Crippen LogP) is 12.3. The van der Waals surface area contributed by atoms with Crippen molar-refractivity contribution in [3.8, 4) is 11.8 Å². The second kappa shape index (κ2) is 37.3. The number of aromatic amines is 2. The van der Waals surface area contributed by atoms with Crippen LogP contribution in [0.2, 0.25) is 0 Å². The Labute approximate surface area is 703 Å². The number of H-pyrrole nitrogens is 2. The Morgan fingerprint density at radius 2 is 0.818 bits per heavy atom. The number of benzene rings is 9. The number of methoxy groups -OCH3 is 4. The summed E-state index contributed by atoms with van der Waals surface area (Å²) >= 11 is 0. The fourth-order valence-corrected chi connectivity index (χ4v) is 14.6. The number of halogens is 2. The number of aromatic nitrogens is 11. The van der Waals surface area contributed by atoms with Crippen molar-refractivity contribution in [1.82, 2.24) is 54.3 Å². The van der Waals surface area contributed by atoms with Crippen molar-refractivity contribution in [1.29, 1.82) is 0 Å². The van der Waals surface area contributed by atoms with E-state index < -0.39 is 17.9 Å². The molecule has 9 aromatic carbocycles. The van der Waals surface area contributed by atoms with Crippen LogP contribution in [0.15, 0.2) is 248 Å². The number of aromatic hydroxyl groups is 2. The van der Waals surface area contributed by atoms with Gasteiger partial charge in [0.25, 0.3) is 5.91 Å². The molecule has 31 nitrogen and oxygen atoms in total. The minimum Gasteiger partial charge on any atom is -0.495 e. The van der Waals surface area contributed by atoms with E-state index >= 15 is 0 Å². The molecule has 612 valence electrons. The highest BCUT2D eigenvalue weighted by atomic mass is 35.5. The van der Waals surface area contributed by atoms with Crippen LogP contribution in [0.5, 0.6) is 11.8 Å². The van der Waals surface area contributed by atoms with Gasteiger partial charge in [-0.3, -0.25) is 19.2 Å². The molecule has 0 unspecified atom stereocenters. The van der Waals surface area contributed by atoms with Crippen molar-refractivity contribution in [3.63, 3.8) is 0 Å². The second-order valence-corrected chi connectivity index (χ2v) is 27.5. The van der Waals surface area contributed by atoms with E-state index in [9.17, 15) is 43.8 Å². The van der Waals surface area contributed by atoms with Gasteiger partial charge in [0.05, 0.1) is 90.3 Å². The van der Waals surface area contributed by atoms with Crippen molar-refractivity contribution in [2.24, 2.45) is 9.98 Å². The molecule has 0 spiro atoms. The number of nitrogens with two attached hydrogens (primary N) is 1. The summed E-state index contributed by atoms with van der Waals surface area (Å²) in [6.07, 6.45) is 11.1. The first-order chi connectivity index (χ1) is 57.9. The summed E-state index contributed by atoms with van der Waals surface area (Å²) in [5.74, 6) is -1.35. The highest BCUT2D eigenvalue weighted by molar-refractivity contribution is 6.36. The first-order valence-electron chi connectivity index (χ1n) is 37.5. The average molecular weight is 1670 g/mol. The second-order valence-electron chi connectivity index (χ2n) is 27.5. The van der Waals surface area contributed by atoms with Gasteiger partial charge in [-0.2, -0.15) is 15.3 Å². The Hall–Kier alpha value is -15.4. The number of rotatable bonds is 17. The van der Waals surface area contributed by atoms with E-state index in [2.05, 4.69) is 45.5 Å². The molecule has 4 aliphatic heterocycles. The molecule has 0 atom stereocenters. The number of nitrogens with one attached hydrogen (secondary N) is 3. The monoisotopic (exact) mass is 1660 g/mol. The molecule has 14 aromatic rings. The number of anilines is 5. The van der Waals surface area contributed by atoms with E-state index in [1.54, 1.807) is 69.3 Å². The molecule has 4 amide bonds. The molecule has 0 radical (unpaired) electrons. The van der Waals surface area contributed by atoms with Crippen LogP contribution in [0.4, 0.5) is 39.8 Å². The maximum atomic E-state index is 12.9. The number of carbonyl (C=O) groups excluding carboxylic acids is 7. The Kier molecular flexibility index (Phi) is 25.7. The predicted molar refractivity (Wildman–Crippen MR) is 459 cm³/mol. The number of amides is 4. The van der Waals surface area contributed by atoms with Crippen molar-refractivity contribution in [2.45, 2.75) is 38.9 Å². The largest absolute Gasteiger partial charge is 0.495 e. The van der Waals surface area contributed by atoms with Crippen LogP contribution in [0, 0.1) is 0 Å². The molecule has 0 bridgehead atoms. The highest BCUT2D eigenvalue weighted by Crippen LogP contribution is 2.41. The quantitative estimate of drug-likeness (QED) is 0.0123. The van der Waals surface area contributed by atoms with E-state index in [0.29, 0.717) is 127 Å². The zero-order valence-corrected chi connectivity index (χ0v) is 67.1. The summed E-state index contributed by atoms with van der Waals surface area (Å²) in [4.78, 5) is 119. The number of nitrogens with zero attached hydrogens (tertiary/aromatic N) is 14. The van der Waals surface area contributed by atoms with E-state index in [1.807, 2.05) is 146 Å². The van der Waals surface area contributed by atoms with Crippen LogP contribution in [0.3, 0.4) is 0 Å². The van der Waals surface area contributed by atoms with Crippen LogP contribution in [-0.2, 0) is 77.0 Å². The lowest BCUT2D eigenvalue weighted by Crippen LogP contribution is -2.32. The van der Waals surface area contributed by atoms with Crippen molar-refractivity contribution in [3.05, 3.63) is 305 Å². The van der Waals surface area contributed by atoms with Crippen molar-refractivity contribution in [2.75, 3.05) is 73.8 Å². The lowest BCUT2D eigenvalue weighted by molar-refractivity contribution is -0.120. The van der Waals surface area contributed by atoms with E-state index in [-0.39, 0.29) is 79.8 Å². The molecule has 0 aliphatic carbocycles. The van der Waals surface area contributed by atoms with Gasteiger partial charge in [0.15, 0.2) is 11.8 Å². The first-order valence-corrected chi connectivity index (χ1v) is 37.5. The van der Waals surface area contributed by atoms with Crippen molar-refractivity contribution >= 4 is 151 Å². The number of carbonyl (C=O) groups is 7. The van der Waals surface area contributed by atoms with Gasteiger partial charge in [-0.15, -0.1) is 24.8 Å². The van der Waals surface area contributed by atoms with Gasteiger partial charge < -0.3 is 64.9 Å². The van der Waals surface area contributed by atoms with Crippen LogP contribution in [0.1, 0.15) is 81.1 Å². The van der Waals surface area contributed by atoms with Crippen LogP contribution in [-0.4, -0.2) is 166 Å². The maximum absolute atomic E-state index is 12.9. The van der Waals surface area contributed by atoms with Gasteiger partial charge in [-0.25, -0.2) is 53.4 Å². The molecular formula is C88H78Cl2N18O13. The minimum atomic E-state index is -0.462. The van der Waals surface area contributed by atoms with E-state index in [0.717, 1.165) is 62.6 Å². The first kappa shape index (κ1) is 83.6. The number of ether oxygens (including phenoxy) is 4. The minimum absolute atomic E-state index is 0. The summed E-state index contributed by atoms with van der Waals surface area (Å²) in [7, 11) is 5.50. The summed E-state index contributed by atoms with van der Waals surface area (Å²) in [6, 6.07) is 60.8. The van der Waals surface area contributed by atoms with E-state index in [4.69, 9.17) is 34.7 Å². The van der Waals surface area contributed by atoms with Crippen molar-refractivity contribution < 1.29 is 62.7 Å². The standard InChI is InChI=1S/2C29H24N6O4.C18H15NO4.C12H13N5O.2ClH/c2*1-39-29(38)20-7-9-22-23(14-20)33-28(37)26(22)27(18-5-3-2-4-6-18)32-21-8-10-24-19(13-21)11-12-35(24)25(36)15-34-17-30-16-31-34;1-22-16(11-6-4-3-5-7-11)15-13-9-8-12(18(21)23-2)10-14(13)19-17(15)20;13-10-1-2-11-9(5-10)3-4-17(11)12(18)6-16-8-14-7-15-16;;/h2*2-10,13-14,16-17,33,37H,11-12,15H2,1H3;3-10H,1-2H3,(H,19,20);1-2,5,7-8H,3-4,6,13H2;2*1H/b;;16-15-;;;. The molecule has 0 saturated heterocycles. The fourth-order valence-electron chi connectivity index (χ4n) is 14.6. The Balaban J connectivity index is 0.000000145. The number of aliphatic imine (C=N–C) groups is 2. The summed E-state index contributed by atoms with van der Waals surface area (Å²) < 4.78 is 24.4. The molecular weight excluding hydrogens is 1590 g/mol. The SMILES string of the molecule is COC(=O)c1ccc2c(C(=Nc3ccc4c(c3)CCN4C(=O)Cn3cncn3)c3ccccc3)c(O)[nH]c2c1.COC(=O)c1ccc2c(C(=Nc3ccc4c(c3)CCN4C(=O)Cn3cncn3)c3ccccc3)c(O)[nH]c2c1.COC(=O)c1ccc2c(c1)NC(=O)/C2=C(\OC)c1ccccc1.Cl.Cl.Nc1ccc2c(c1)CCN2C(=O)Cn1cncn1. The van der Waals surface area contributed by atoms with Gasteiger partial charge in [0, 0.05) is 86.4 Å². The van der Waals surface area contributed by atoms with Crippen LogP contribution < -0.4 is 25.8 Å². The smallest absolute Gasteiger partial charge is 0.337 e. The number of fused-ring (bicyclic) bond motifs is 6. The molecule has 0 saturated carbocycles. The molecule has 33 heteroatoms. The molecule has 7 N–H and O–H groups in total. The zero-order chi connectivity index (χ0) is 82.8. The average Bonchev–Trinajstić information content (AvgIpc) is 1.41. The van der Waals surface area contributed by atoms with Crippen LogP contribution >= 0.6 is 24.8 Å². The lowest BCUT2D eigenvalue weighted by Gasteiger charge is -2.17. The Morgan fingerprint density at radius 3 is 1.21 bits per heavy atom. The third kappa shape index (κ3) is 18.1. The van der Waals surface area contributed by atoms with Gasteiger partial charge in [-0.05, 0) is 127 Å². The number of hydrogen-bond donors (Lipinski definition) is 6. The molecule has 18 rings (SSSR count). The van der Waals surface area contributed by atoms with Crippen LogP contribution in [0.25, 0.3) is 33.1 Å². The Bertz CT molecular complexity index is 6040. The highest BCUT2D eigenvalue weighted by Gasteiger charge is 2.33. The topological polar surface area (TPSA) is 393 Å². The third-order valence-electron chi connectivity index (χ3n) is 20.2. The number of nitrogen functional groups attached to an aromatic ring is 1. The fraction of sp³-hybridized carbons (Fsp3) is 0.148. The summed E-state index contributed by atoms with van der Waals surface area (Å²) in [5.41, 5.74) is 22.3. The molecule has 4 aliphatic rings. The summed E-state index contributed by atoms with van der Waals surface area (Å²) in [5, 5.41) is 38.1. The van der Waals surface area contributed by atoms with Gasteiger partial charge >= 0.3 is 17.9 Å². The normalized spacial score (nSPS) is 13.3.